The van der Waals surface area contributed by atoms with Crippen LogP contribution in [0.2, 0.25) is 0 Å². The van der Waals surface area contributed by atoms with Crippen LogP contribution in [0.15, 0.2) is 48.5 Å². The number of ether oxygens (including phenoxy) is 6. The first kappa shape index (κ1) is 74.0. The minimum Gasteiger partial charge on any atom is -0.540 e. The van der Waals surface area contributed by atoms with Crippen molar-refractivity contribution in [1.82, 2.24) is 30.4 Å². The third kappa shape index (κ3) is 15.3. The molecule has 2 N–H and O–H groups in total. The van der Waals surface area contributed by atoms with Crippen molar-refractivity contribution in [2.24, 2.45) is 46.3 Å². The third-order valence-corrected chi connectivity index (χ3v) is 21.0. The summed E-state index contributed by atoms with van der Waals surface area (Å²) in [5, 5.41) is 6.68. The summed E-state index contributed by atoms with van der Waals surface area (Å²) in [4.78, 5) is 91.6. The summed E-state index contributed by atoms with van der Waals surface area (Å²) in [7, 11) is 3.03. The van der Waals surface area contributed by atoms with Crippen molar-refractivity contribution in [3.8, 4) is 23.3 Å². The molecule has 2 radical (unpaired) electrons. The first-order valence-corrected chi connectivity index (χ1v) is 32.8. The van der Waals surface area contributed by atoms with Gasteiger partial charge in [0.25, 0.3) is 11.8 Å². The van der Waals surface area contributed by atoms with Gasteiger partial charge in [-0.15, -0.1) is 0 Å². The Hall–Kier alpha value is -5.83. The van der Waals surface area contributed by atoms with Gasteiger partial charge in [0.15, 0.2) is 0 Å². The molecular formula is C70H90F4N6O12V2-2. The fourth-order valence-corrected chi connectivity index (χ4v) is 15.5. The number of amides is 4. The second-order valence-corrected chi connectivity index (χ2v) is 29.4. The van der Waals surface area contributed by atoms with Crippen LogP contribution in [-0.2, 0) is 77.6 Å². The van der Waals surface area contributed by atoms with E-state index in [4.69, 9.17) is 28.4 Å². The topological polar surface area (TPSA) is 214 Å². The van der Waals surface area contributed by atoms with E-state index in [0.717, 1.165) is 19.3 Å². The van der Waals surface area contributed by atoms with Crippen LogP contribution in [0.5, 0.6) is 23.3 Å². The maximum absolute atomic E-state index is 16.2. The fourth-order valence-electron chi connectivity index (χ4n) is 15.5. The van der Waals surface area contributed by atoms with E-state index in [1.54, 1.807) is 43.3 Å². The summed E-state index contributed by atoms with van der Waals surface area (Å²) < 4.78 is 100.0. The maximum Gasteiger partial charge on any atom is 0.408 e. The van der Waals surface area contributed by atoms with Crippen molar-refractivity contribution in [2.75, 3.05) is 27.3 Å². The number of aromatic nitrogens is 2. The Bertz CT molecular complexity index is 3450. The molecule has 5 fully saturated rings. The molecule has 94 heavy (non-hydrogen) atoms. The van der Waals surface area contributed by atoms with Gasteiger partial charge in [-0.3, -0.25) is 9.59 Å². The molecule has 4 aromatic rings. The number of nitrogens with zero attached hydrogens (tertiary/aromatic N) is 4. The molecule has 0 spiro atoms. The second kappa shape index (κ2) is 28.7. The zero-order valence-electron chi connectivity index (χ0n) is 56.0. The number of hydrogen-bond acceptors (Lipinski definition) is 14. The van der Waals surface area contributed by atoms with Crippen LogP contribution in [0.1, 0.15) is 170 Å². The molecule has 24 heteroatoms. The second-order valence-electron chi connectivity index (χ2n) is 29.4. The SMILES string of the molecule is CC[C@@H]1[C@@H]2CN(C(=O)[C@H](C(C)(C)C)NC(=O)O[C@]3(C)CCC[C@H]3CCCCC(F)(F)c3cc4ccc(OC)cc4nc3O2)[C@@H]1[C-]=O.COc1ccc2cc3c(nc2c1)O[C@H]1CN(C(=O)[C@H](C(C)(C)C)NC(=O)O[C@]2(C)CC4CC4[C@H]2CCCCC3(F)F)[C@H]([C-]=O)[C@@H]1C.[V].[V]. The van der Waals surface area contributed by atoms with E-state index >= 15 is 17.6 Å². The molecule has 4 bridgehead atoms. The fraction of sp³-hybridized carbons (Fsp3) is 0.657. The van der Waals surface area contributed by atoms with Crippen LogP contribution in [0.4, 0.5) is 27.2 Å². The van der Waals surface area contributed by atoms with Gasteiger partial charge in [0.2, 0.25) is 23.6 Å². The number of carbonyl (C=O) groups excluding carboxylic acids is 6. The predicted molar refractivity (Wildman–Crippen MR) is 335 cm³/mol. The van der Waals surface area contributed by atoms with E-state index in [0.29, 0.717) is 90.1 Å². The number of alkyl carbamates (subject to hydrolysis) is 2. The zero-order chi connectivity index (χ0) is 66.6. The van der Waals surface area contributed by atoms with Crippen molar-refractivity contribution in [1.29, 1.82) is 0 Å². The van der Waals surface area contributed by atoms with Gasteiger partial charge in [-0.25, -0.2) is 49.7 Å². The third-order valence-electron chi connectivity index (χ3n) is 21.0. The van der Waals surface area contributed by atoms with Crippen molar-refractivity contribution >= 4 is 58.4 Å². The predicted octanol–water partition coefficient (Wildman–Crippen LogP) is 12.9. The van der Waals surface area contributed by atoms with E-state index in [-0.39, 0.29) is 97.8 Å². The first-order chi connectivity index (χ1) is 43.3. The summed E-state index contributed by atoms with van der Waals surface area (Å²) in [6, 6.07) is 8.84. The molecule has 512 valence electrons. The number of hydrogen-bond donors (Lipinski definition) is 2. The van der Waals surface area contributed by atoms with Gasteiger partial charge in [-0.2, -0.15) is 0 Å². The molecule has 2 saturated heterocycles. The largest absolute Gasteiger partial charge is 0.540 e. The number of halogens is 4. The summed E-state index contributed by atoms with van der Waals surface area (Å²) >= 11 is 0. The Kier molecular flexibility index (Phi) is 22.6. The van der Waals surface area contributed by atoms with Gasteiger partial charge in [0, 0.05) is 78.8 Å². The summed E-state index contributed by atoms with van der Waals surface area (Å²) in [5.74, 6) is -7.16. The van der Waals surface area contributed by atoms with Crippen molar-refractivity contribution in [3.05, 3.63) is 59.7 Å². The van der Waals surface area contributed by atoms with E-state index in [9.17, 15) is 28.8 Å². The number of alkyl halides is 4. The Morgan fingerprint density at radius 3 is 1.60 bits per heavy atom. The summed E-state index contributed by atoms with van der Waals surface area (Å²) in [6.07, 6.45) is 7.47. The van der Waals surface area contributed by atoms with Gasteiger partial charge in [-0.1, -0.05) is 86.7 Å². The Morgan fingerprint density at radius 1 is 0.638 bits per heavy atom. The molecule has 2 aromatic carbocycles. The molecule has 6 heterocycles. The zero-order valence-corrected chi connectivity index (χ0v) is 58.7. The van der Waals surface area contributed by atoms with Crippen molar-refractivity contribution in [3.63, 3.8) is 0 Å². The number of methoxy groups -OCH3 is 2. The molecule has 2 unspecified atom stereocenters. The van der Waals surface area contributed by atoms with Gasteiger partial charge >= 0.3 is 12.2 Å². The minimum atomic E-state index is -3.26. The molecule has 3 saturated carbocycles. The average molecular weight is 1390 g/mol. The summed E-state index contributed by atoms with van der Waals surface area (Å²) in [5.41, 5.74) is -2.83. The Labute approximate surface area is 572 Å². The van der Waals surface area contributed by atoms with Gasteiger partial charge in [0.1, 0.15) is 47.0 Å². The Balaban J connectivity index is 0.000000236. The molecule has 11 rings (SSSR count). The van der Waals surface area contributed by atoms with Crippen LogP contribution in [0.25, 0.3) is 21.8 Å². The monoisotopic (exact) mass is 1380 g/mol. The van der Waals surface area contributed by atoms with Gasteiger partial charge < -0.3 is 58.4 Å². The molecule has 3 aliphatic carbocycles. The smallest absolute Gasteiger partial charge is 0.408 e. The molecule has 4 aliphatic heterocycles. The van der Waals surface area contributed by atoms with Crippen molar-refractivity contribution in [2.45, 2.75) is 219 Å². The van der Waals surface area contributed by atoms with Crippen LogP contribution in [0, 0.1) is 46.3 Å². The molecule has 2 aromatic heterocycles. The number of nitrogens with one attached hydrogen (secondary N) is 2. The quantitative estimate of drug-likeness (QED) is 0.141. The average Bonchev–Trinajstić information content (AvgIpc) is 1.55. The number of fused-ring (bicyclic) bond motifs is 12. The Morgan fingerprint density at radius 2 is 1.11 bits per heavy atom. The number of carbonyl (C=O) groups is 4. The van der Waals surface area contributed by atoms with Crippen LogP contribution in [0.3, 0.4) is 0 Å². The first-order valence-electron chi connectivity index (χ1n) is 32.8. The molecular weight excluding hydrogens is 1290 g/mol. The van der Waals surface area contributed by atoms with Crippen LogP contribution >= 0.6 is 0 Å². The van der Waals surface area contributed by atoms with E-state index in [2.05, 4.69) is 20.6 Å². The van der Waals surface area contributed by atoms with Crippen LogP contribution < -0.4 is 29.6 Å². The summed E-state index contributed by atoms with van der Waals surface area (Å²) in [6.45, 7) is 18.2. The maximum atomic E-state index is 16.2. The van der Waals surface area contributed by atoms with Gasteiger partial charge in [-0.05, 0) is 148 Å². The number of pyridine rings is 2. The number of benzene rings is 2. The standard InChI is InChI=1S/C35H44F2N3O6.C35H46F2N3O6.2V/c1-19-27(18-41)40-17-28(19)45-30-25(14-20-10-11-22(44-6)15-26(20)38-30)35(36,37)12-8-7-9-24-23-13-21(23)16-34(24,5)46-32(43)39-29(31(40)42)33(2,3)4;1-7-24-27(20-41)40-19-28(24)45-30-25(17-21-13-14-23(44-6)18-26(21)38-30)35(36,37)16-9-8-11-22-12-10-15-34(22,5)46-32(43)39-29(31(40)42)33(2,3)4;;/h10-11,14-15,19,21,23-24,27-29H,7-9,12-13,16-17H2,1-6H3,(H,39,43);13-14,17-18,22,24,27-29H,7-12,15-16,19H2,1-6H3,(H,39,43);;/q2*-1;;/t19-,21?,23?,24+,27+,28-,29+,34+;22-,24+,27-,28+,29-,34-;;/m01../s1. The van der Waals surface area contributed by atoms with E-state index in [1.807, 2.05) is 74.9 Å². The molecule has 18 nitrogen and oxygen atoms in total. The van der Waals surface area contributed by atoms with Gasteiger partial charge in [0.05, 0.1) is 49.5 Å². The van der Waals surface area contributed by atoms with Crippen LogP contribution in [-0.4, -0.2) is 131 Å². The van der Waals surface area contributed by atoms with E-state index < -0.39 is 119 Å². The van der Waals surface area contributed by atoms with Crippen molar-refractivity contribution < 1.29 is 112 Å². The molecule has 7 aliphatic rings. The normalized spacial score (nSPS) is 32.0. The van der Waals surface area contributed by atoms with E-state index in [1.165, 1.54) is 36.2 Å². The molecule has 4 amide bonds. The minimum absolute atomic E-state index is 0. The molecule has 14 atom stereocenters. The number of rotatable bonds is 5.